The van der Waals surface area contributed by atoms with Gasteiger partial charge in [-0.05, 0) is 25.1 Å². The van der Waals surface area contributed by atoms with Gasteiger partial charge >= 0.3 is 0 Å². The molecule has 0 aliphatic heterocycles. The van der Waals surface area contributed by atoms with Gasteiger partial charge < -0.3 is 11.1 Å². The van der Waals surface area contributed by atoms with E-state index < -0.39 is 0 Å². The molecule has 0 radical (unpaired) electrons. The van der Waals surface area contributed by atoms with Crippen molar-refractivity contribution >= 4 is 44.4 Å². The fourth-order valence-corrected chi connectivity index (χ4v) is 2.86. The average Bonchev–Trinajstić information content (AvgIpc) is 2.65. The van der Waals surface area contributed by atoms with E-state index in [0.29, 0.717) is 20.6 Å². The molecule has 19 heavy (non-hydrogen) atoms. The summed E-state index contributed by atoms with van der Waals surface area (Å²) in [4.78, 5) is 11.7. The highest BCUT2D eigenvalue weighted by Gasteiger charge is 2.20. The Kier molecular flexibility index (Phi) is 3.74. The van der Waals surface area contributed by atoms with Gasteiger partial charge in [-0.15, -0.1) is 0 Å². The van der Waals surface area contributed by atoms with Crippen molar-refractivity contribution in [3.8, 4) is 6.07 Å². The minimum Gasteiger partial charge on any atom is -0.389 e. The van der Waals surface area contributed by atoms with Crippen LogP contribution in [0.25, 0.3) is 0 Å². The topological polar surface area (TPSA) is 78.9 Å². The highest BCUT2D eigenvalue weighted by molar-refractivity contribution is 7.20. The average molecular weight is 292 g/mol. The number of carbonyl (C=O) groups excluding carboxylic acids is 1. The molecule has 0 aliphatic carbocycles. The molecular weight excluding hydrogens is 282 g/mol. The van der Waals surface area contributed by atoms with Gasteiger partial charge in [-0.1, -0.05) is 29.0 Å². The Hall–Kier alpha value is -2.03. The second kappa shape index (κ2) is 5.31. The van der Waals surface area contributed by atoms with Crippen molar-refractivity contribution < 1.29 is 4.79 Å². The number of nitrogens with one attached hydrogen (secondary N) is 1. The molecule has 0 unspecified atom stereocenters. The molecule has 4 nitrogen and oxygen atoms in total. The second-order valence-electron chi connectivity index (χ2n) is 3.85. The first-order valence-electron chi connectivity index (χ1n) is 5.39. The molecular formula is C13H10ClN3OS. The molecule has 0 atom stereocenters. The van der Waals surface area contributed by atoms with Gasteiger partial charge in [0.05, 0.1) is 11.1 Å². The van der Waals surface area contributed by atoms with Crippen LogP contribution >= 0.6 is 22.9 Å². The molecule has 0 amide bonds. The number of nitrogens with zero attached hydrogens (tertiary/aromatic N) is 1. The summed E-state index contributed by atoms with van der Waals surface area (Å²) >= 11 is 7.07. The predicted molar refractivity (Wildman–Crippen MR) is 78.2 cm³/mol. The number of rotatable bonds is 3. The van der Waals surface area contributed by atoms with Crippen molar-refractivity contribution in [2.24, 2.45) is 0 Å². The van der Waals surface area contributed by atoms with Gasteiger partial charge in [0.25, 0.3) is 0 Å². The highest BCUT2D eigenvalue weighted by Crippen LogP contribution is 2.37. The van der Waals surface area contributed by atoms with E-state index in [0.717, 1.165) is 5.69 Å². The predicted octanol–water partition coefficient (Wildman–Crippen LogP) is 3.80. The van der Waals surface area contributed by atoms with Gasteiger partial charge in [0, 0.05) is 10.7 Å². The molecule has 0 bridgehead atoms. The molecule has 0 saturated carbocycles. The first kappa shape index (κ1) is 13.4. The molecule has 2 aromatic rings. The van der Waals surface area contributed by atoms with E-state index >= 15 is 0 Å². The van der Waals surface area contributed by atoms with Gasteiger partial charge in [0.15, 0.2) is 5.78 Å². The van der Waals surface area contributed by atoms with Crippen LogP contribution in [0.2, 0.25) is 5.02 Å². The van der Waals surface area contributed by atoms with E-state index in [4.69, 9.17) is 22.6 Å². The van der Waals surface area contributed by atoms with Crippen LogP contribution < -0.4 is 11.1 Å². The van der Waals surface area contributed by atoms with Crippen LogP contribution in [-0.2, 0) is 0 Å². The largest absolute Gasteiger partial charge is 0.389 e. The van der Waals surface area contributed by atoms with Crippen LogP contribution in [0.5, 0.6) is 0 Å². The van der Waals surface area contributed by atoms with E-state index in [2.05, 4.69) is 5.32 Å². The highest BCUT2D eigenvalue weighted by atomic mass is 35.5. The number of nitriles is 1. The number of halogens is 1. The molecule has 2 rings (SSSR count). The zero-order valence-corrected chi connectivity index (χ0v) is 11.6. The van der Waals surface area contributed by atoms with Gasteiger partial charge in [0.1, 0.15) is 16.1 Å². The van der Waals surface area contributed by atoms with E-state index in [9.17, 15) is 4.79 Å². The van der Waals surface area contributed by atoms with Crippen LogP contribution in [0, 0.1) is 11.3 Å². The normalized spacial score (nSPS) is 9.95. The number of hydrogen-bond acceptors (Lipinski definition) is 5. The van der Waals surface area contributed by atoms with Crippen LogP contribution in [-0.4, -0.2) is 5.78 Å². The summed E-state index contributed by atoms with van der Waals surface area (Å²) in [5, 5.41) is 13.6. The molecule has 1 aromatic heterocycles. The van der Waals surface area contributed by atoms with Crippen molar-refractivity contribution in [3.05, 3.63) is 40.4 Å². The summed E-state index contributed by atoms with van der Waals surface area (Å²) in [6, 6.07) is 9.05. The minimum atomic E-state index is -0.200. The Balaban J connectivity index is 2.46. The first-order valence-corrected chi connectivity index (χ1v) is 6.58. The lowest BCUT2D eigenvalue weighted by Gasteiger charge is -2.06. The quantitative estimate of drug-likeness (QED) is 0.843. The van der Waals surface area contributed by atoms with Crippen LogP contribution in [0.3, 0.4) is 0 Å². The Bertz CT molecular complexity index is 688. The summed E-state index contributed by atoms with van der Waals surface area (Å²) in [7, 11) is 0. The molecule has 1 aromatic carbocycles. The molecule has 0 aliphatic rings. The fraction of sp³-hybridized carbons (Fsp3) is 0.0769. The molecule has 0 fully saturated rings. The molecule has 96 valence electrons. The number of nitrogens with two attached hydrogens (primary N) is 1. The van der Waals surface area contributed by atoms with Crippen molar-refractivity contribution in [2.75, 3.05) is 11.1 Å². The zero-order valence-electron chi connectivity index (χ0n) is 10.0. The van der Waals surface area contributed by atoms with Crippen LogP contribution in [0.1, 0.15) is 22.8 Å². The summed E-state index contributed by atoms with van der Waals surface area (Å²) in [5.41, 5.74) is 7.04. The van der Waals surface area contributed by atoms with Gasteiger partial charge in [0.2, 0.25) is 0 Å². The fourth-order valence-electron chi connectivity index (χ4n) is 1.68. The van der Waals surface area contributed by atoms with E-state index in [1.54, 1.807) is 18.2 Å². The minimum absolute atomic E-state index is 0.200. The Labute approximate surface area is 119 Å². The van der Waals surface area contributed by atoms with Gasteiger partial charge in [-0.25, -0.2) is 0 Å². The summed E-state index contributed by atoms with van der Waals surface area (Å²) in [6.07, 6.45) is 0. The first-order chi connectivity index (χ1) is 9.02. The van der Waals surface area contributed by atoms with E-state index in [-0.39, 0.29) is 11.3 Å². The maximum Gasteiger partial charge on any atom is 0.164 e. The van der Waals surface area contributed by atoms with E-state index in [1.807, 2.05) is 12.1 Å². The zero-order chi connectivity index (χ0) is 14.0. The number of Topliss-reactive ketones (excluding diaryl/α,β-unsaturated/α-hetero) is 1. The SMILES string of the molecule is CC(=O)c1c(Nc2cccc(Cl)c2)sc(N)c1C#N. The smallest absolute Gasteiger partial charge is 0.164 e. The maximum atomic E-state index is 11.7. The number of carbonyl (C=O) groups is 1. The number of nitrogen functional groups attached to an aromatic ring is 1. The van der Waals surface area contributed by atoms with Crippen molar-refractivity contribution in [1.82, 2.24) is 0 Å². The molecule has 0 saturated heterocycles. The summed E-state index contributed by atoms with van der Waals surface area (Å²) in [6.45, 7) is 1.41. The lowest BCUT2D eigenvalue weighted by molar-refractivity contribution is 0.101. The number of ketones is 1. The third-order valence-corrected chi connectivity index (χ3v) is 3.65. The Morgan fingerprint density at radius 2 is 2.26 bits per heavy atom. The number of thiophene rings is 1. The number of benzene rings is 1. The van der Waals surface area contributed by atoms with Crippen molar-refractivity contribution in [3.63, 3.8) is 0 Å². The lowest BCUT2D eigenvalue weighted by atomic mass is 10.1. The number of anilines is 3. The summed E-state index contributed by atoms with van der Waals surface area (Å²) < 4.78 is 0. The van der Waals surface area contributed by atoms with Crippen molar-refractivity contribution in [1.29, 1.82) is 5.26 Å². The Morgan fingerprint density at radius 3 is 2.84 bits per heavy atom. The van der Waals surface area contributed by atoms with E-state index in [1.165, 1.54) is 18.3 Å². The third kappa shape index (κ3) is 2.70. The molecule has 3 N–H and O–H groups in total. The van der Waals surface area contributed by atoms with Gasteiger partial charge in [-0.2, -0.15) is 5.26 Å². The number of hydrogen-bond donors (Lipinski definition) is 2. The second-order valence-corrected chi connectivity index (χ2v) is 5.34. The molecule has 6 heteroatoms. The van der Waals surface area contributed by atoms with Crippen LogP contribution in [0.15, 0.2) is 24.3 Å². The standard InChI is InChI=1S/C13H10ClN3OS/c1-7(18)11-10(6-15)12(16)19-13(11)17-9-4-2-3-8(14)5-9/h2-5,17H,16H2,1H3. The summed E-state index contributed by atoms with van der Waals surface area (Å²) in [5.74, 6) is -0.200. The van der Waals surface area contributed by atoms with Crippen LogP contribution in [0.4, 0.5) is 15.7 Å². The van der Waals surface area contributed by atoms with Crippen molar-refractivity contribution in [2.45, 2.75) is 6.92 Å². The monoisotopic (exact) mass is 291 g/mol. The molecule has 0 spiro atoms. The third-order valence-electron chi connectivity index (χ3n) is 2.48. The van der Waals surface area contributed by atoms with Gasteiger partial charge in [-0.3, -0.25) is 4.79 Å². The maximum absolute atomic E-state index is 11.7. The Morgan fingerprint density at radius 1 is 1.53 bits per heavy atom. The lowest BCUT2D eigenvalue weighted by Crippen LogP contribution is -1.99. The molecule has 1 heterocycles.